The van der Waals surface area contributed by atoms with Gasteiger partial charge in [0.25, 0.3) is 0 Å². The van der Waals surface area contributed by atoms with Gasteiger partial charge >= 0.3 is 0 Å². The standard InChI is InChI=1S/C17H25N3/c1-16(2,3)15-19-13-11-12(7-8-14(13)20(15)5)17(4)9-6-10-18-17/h7-8,11,18H,6,9-10H2,1-5H3. The lowest BCUT2D eigenvalue weighted by Gasteiger charge is -2.24. The molecule has 1 unspecified atom stereocenters. The molecule has 3 heteroatoms. The average Bonchev–Trinajstić information content (AvgIpc) is 2.94. The molecule has 1 fully saturated rings. The smallest absolute Gasteiger partial charge is 0.115 e. The zero-order valence-electron chi connectivity index (χ0n) is 13.2. The van der Waals surface area contributed by atoms with Gasteiger partial charge in [-0.25, -0.2) is 4.98 Å². The Bertz CT molecular complexity index is 640. The third-order valence-corrected chi connectivity index (χ3v) is 4.56. The largest absolute Gasteiger partial charge is 0.331 e. The van der Waals surface area contributed by atoms with Crippen molar-refractivity contribution in [3.05, 3.63) is 29.6 Å². The first kappa shape index (κ1) is 13.6. The van der Waals surface area contributed by atoms with E-state index in [9.17, 15) is 0 Å². The fourth-order valence-corrected chi connectivity index (χ4v) is 3.35. The molecule has 1 aliphatic rings. The molecule has 1 aromatic heterocycles. The van der Waals surface area contributed by atoms with Crippen molar-refractivity contribution < 1.29 is 0 Å². The topological polar surface area (TPSA) is 29.9 Å². The van der Waals surface area contributed by atoms with Crippen molar-refractivity contribution in [3.63, 3.8) is 0 Å². The summed E-state index contributed by atoms with van der Waals surface area (Å²) in [5.41, 5.74) is 3.89. The zero-order chi connectivity index (χ0) is 14.5. The van der Waals surface area contributed by atoms with Gasteiger partial charge in [-0.2, -0.15) is 0 Å². The van der Waals surface area contributed by atoms with Crippen LogP contribution in [0.25, 0.3) is 11.0 Å². The molecule has 0 radical (unpaired) electrons. The molecule has 1 N–H and O–H groups in total. The molecule has 108 valence electrons. The van der Waals surface area contributed by atoms with Crippen LogP contribution in [-0.2, 0) is 18.0 Å². The Morgan fingerprint density at radius 3 is 2.65 bits per heavy atom. The highest BCUT2D eigenvalue weighted by Gasteiger charge is 2.30. The van der Waals surface area contributed by atoms with Gasteiger partial charge in [0.2, 0.25) is 0 Å². The lowest BCUT2D eigenvalue weighted by molar-refractivity contribution is 0.435. The van der Waals surface area contributed by atoms with E-state index in [0.29, 0.717) is 0 Å². The second kappa shape index (κ2) is 4.32. The maximum absolute atomic E-state index is 4.88. The summed E-state index contributed by atoms with van der Waals surface area (Å²) in [7, 11) is 2.12. The number of aryl methyl sites for hydroxylation is 1. The van der Waals surface area contributed by atoms with E-state index in [2.05, 4.69) is 62.8 Å². The van der Waals surface area contributed by atoms with Gasteiger partial charge in [0.15, 0.2) is 0 Å². The SMILES string of the molecule is Cn1c(C(C)(C)C)nc2cc(C3(C)CCCN3)ccc21. The Balaban J connectivity index is 2.13. The third-order valence-electron chi connectivity index (χ3n) is 4.56. The molecule has 0 aliphatic carbocycles. The van der Waals surface area contributed by atoms with Crippen LogP contribution in [0, 0.1) is 0 Å². The fourth-order valence-electron chi connectivity index (χ4n) is 3.35. The lowest BCUT2D eigenvalue weighted by atomic mass is 9.90. The first-order valence-corrected chi connectivity index (χ1v) is 7.54. The highest BCUT2D eigenvalue weighted by Crippen LogP contribution is 2.33. The molecule has 3 rings (SSSR count). The van der Waals surface area contributed by atoms with Crippen LogP contribution in [0.1, 0.15) is 51.9 Å². The number of hydrogen-bond acceptors (Lipinski definition) is 2. The molecule has 0 saturated carbocycles. The van der Waals surface area contributed by atoms with Crippen molar-refractivity contribution >= 4 is 11.0 Å². The Morgan fingerprint density at radius 1 is 1.30 bits per heavy atom. The van der Waals surface area contributed by atoms with Crippen LogP contribution in [0.4, 0.5) is 0 Å². The van der Waals surface area contributed by atoms with Gasteiger partial charge in [-0.1, -0.05) is 26.8 Å². The lowest BCUT2D eigenvalue weighted by Crippen LogP contribution is -2.32. The van der Waals surface area contributed by atoms with Gasteiger partial charge in [0.1, 0.15) is 5.82 Å². The van der Waals surface area contributed by atoms with E-state index in [4.69, 9.17) is 4.98 Å². The Labute approximate surface area is 121 Å². The molecule has 0 amide bonds. The molecule has 1 aliphatic heterocycles. The van der Waals surface area contributed by atoms with Crippen LogP contribution in [-0.4, -0.2) is 16.1 Å². The van der Waals surface area contributed by atoms with Crippen molar-refractivity contribution in [2.75, 3.05) is 6.54 Å². The van der Waals surface area contributed by atoms with Gasteiger partial charge in [-0.05, 0) is 44.0 Å². The number of rotatable bonds is 1. The number of imidazole rings is 1. The van der Waals surface area contributed by atoms with E-state index in [-0.39, 0.29) is 11.0 Å². The van der Waals surface area contributed by atoms with Crippen molar-refractivity contribution in [1.29, 1.82) is 0 Å². The normalized spacial score (nSPS) is 23.6. The predicted molar refractivity (Wildman–Crippen MR) is 84.0 cm³/mol. The molecule has 20 heavy (non-hydrogen) atoms. The van der Waals surface area contributed by atoms with E-state index in [1.165, 1.54) is 23.9 Å². The maximum atomic E-state index is 4.88. The molecule has 0 spiro atoms. The molecule has 3 nitrogen and oxygen atoms in total. The van der Waals surface area contributed by atoms with Crippen LogP contribution in [0.3, 0.4) is 0 Å². The summed E-state index contributed by atoms with van der Waals surface area (Å²) in [5, 5.41) is 3.63. The Hall–Kier alpha value is -1.35. The summed E-state index contributed by atoms with van der Waals surface area (Å²) in [4.78, 5) is 4.88. The number of fused-ring (bicyclic) bond motifs is 1. The van der Waals surface area contributed by atoms with E-state index in [1.54, 1.807) is 0 Å². The molecular weight excluding hydrogens is 246 g/mol. The summed E-state index contributed by atoms with van der Waals surface area (Å²) in [6, 6.07) is 6.75. The number of nitrogens with zero attached hydrogens (tertiary/aromatic N) is 2. The van der Waals surface area contributed by atoms with Crippen LogP contribution < -0.4 is 5.32 Å². The maximum Gasteiger partial charge on any atom is 0.115 e. The van der Waals surface area contributed by atoms with E-state index in [0.717, 1.165) is 17.9 Å². The summed E-state index contributed by atoms with van der Waals surface area (Å²) in [6.07, 6.45) is 2.46. The van der Waals surface area contributed by atoms with Gasteiger partial charge in [0, 0.05) is 18.0 Å². The fraction of sp³-hybridized carbons (Fsp3) is 0.588. The number of aromatic nitrogens is 2. The molecule has 2 heterocycles. The number of nitrogens with one attached hydrogen (secondary N) is 1. The first-order valence-electron chi connectivity index (χ1n) is 7.54. The summed E-state index contributed by atoms with van der Waals surface area (Å²) < 4.78 is 2.23. The molecule has 1 saturated heterocycles. The van der Waals surface area contributed by atoms with E-state index < -0.39 is 0 Å². The first-order chi connectivity index (χ1) is 9.31. The van der Waals surface area contributed by atoms with Gasteiger partial charge in [0.05, 0.1) is 11.0 Å². The van der Waals surface area contributed by atoms with E-state index >= 15 is 0 Å². The van der Waals surface area contributed by atoms with Gasteiger partial charge in [-0.15, -0.1) is 0 Å². The average molecular weight is 271 g/mol. The number of benzene rings is 1. The van der Waals surface area contributed by atoms with E-state index in [1.807, 2.05) is 0 Å². The zero-order valence-corrected chi connectivity index (χ0v) is 13.2. The summed E-state index contributed by atoms with van der Waals surface area (Å²) in [6.45, 7) is 10.1. The van der Waals surface area contributed by atoms with Crippen molar-refractivity contribution in [2.45, 2.75) is 51.5 Å². The minimum atomic E-state index is 0.0729. The second-order valence-corrected chi connectivity index (χ2v) is 7.31. The Morgan fingerprint density at radius 2 is 2.05 bits per heavy atom. The summed E-state index contributed by atoms with van der Waals surface area (Å²) >= 11 is 0. The highest BCUT2D eigenvalue weighted by molar-refractivity contribution is 5.77. The monoisotopic (exact) mass is 271 g/mol. The van der Waals surface area contributed by atoms with Crippen molar-refractivity contribution in [1.82, 2.24) is 14.9 Å². The molecular formula is C17H25N3. The molecule has 1 aromatic carbocycles. The summed E-state index contributed by atoms with van der Waals surface area (Å²) in [5.74, 6) is 1.15. The number of hydrogen-bond donors (Lipinski definition) is 1. The second-order valence-electron chi connectivity index (χ2n) is 7.31. The highest BCUT2D eigenvalue weighted by atomic mass is 15.1. The van der Waals surface area contributed by atoms with Crippen LogP contribution >= 0.6 is 0 Å². The molecule has 1 atom stereocenters. The predicted octanol–water partition coefficient (Wildman–Crippen LogP) is 3.47. The van der Waals surface area contributed by atoms with Gasteiger partial charge in [-0.3, -0.25) is 0 Å². The molecule has 2 aromatic rings. The van der Waals surface area contributed by atoms with Gasteiger partial charge < -0.3 is 9.88 Å². The Kier molecular flexibility index (Phi) is 2.94. The van der Waals surface area contributed by atoms with Crippen LogP contribution in [0.2, 0.25) is 0 Å². The van der Waals surface area contributed by atoms with Crippen LogP contribution in [0.15, 0.2) is 18.2 Å². The van der Waals surface area contributed by atoms with Crippen LogP contribution in [0.5, 0.6) is 0 Å². The quantitative estimate of drug-likeness (QED) is 0.860. The minimum absolute atomic E-state index is 0.0729. The third kappa shape index (κ3) is 2.05. The van der Waals surface area contributed by atoms with Crippen molar-refractivity contribution in [3.8, 4) is 0 Å². The minimum Gasteiger partial charge on any atom is -0.331 e. The molecule has 0 bridgehead atoms. The van der Waals surface area contributed by atoms with Crippen molar-refractivity contribution in [2.24, 2.45) is 7.05 Å².